The molecule has 128 valence electrons. The summed E-state index contributed by atoms with van der Waals surface area (Å²) in [5.74, 6) is 1.65. The van der Waals surface area contributed by atoms with Crippen LogP contribution in [0.1, 0.15) is 11.1 Å². The van der Waals surface area contributed by atoms with E-state index in [1.54, 1.807) is 7.11 Å². The maximum atomic E-state index is 11.7. The third-order valence-corrected chi connectivity index (χ3v) is 3.50. The predicted octanol–water partition coefficient (Wildman–Crippen LogP) is 2.92. The summed E-state index contributed by atoms with van der Waals surface area (Å²) >= 11 is 0. The average Bonchev–Trinajstić information content (AvgIpc) is 2.59. The Balaban J connectivity index is 1.57. The van der Waals surface area contributed by atoms with Crippen molar-refractivity contribution >= 4 is 6.03 Å². The molecule has 0 aromatic heterocycles. The fraction of sp³-hybridized carbons (Fsp3) is 0.316. The molecule has 24 heavy (non-hydrogen) atoms. The molecular weight excluding hydrogens is 304 g/mol. The molecule has 2 N–H and O–H groups in total. The van der Waals surface area contributed by atoms with E-state index in [0.717, 1.165) is 29.0 Å². The standard InChI is InChI=1S/C19H24N2O3/c1-15-4-3-5-18(14-15)24-13-12-21-19(22)20-11-10-16-6-8-17(23-2)9-7-16/h3-9,14H,10-13H2,1-2H3,(H2,20,21,22). The molecule has 0 aliphatic heterocycles. The van der Waals surface area contributed by atoms with Crippen LogP contribution in [-0.4, -0.2) is 32.8 Å². The van der Waals surface area contributed by atoms with Gasteiger partial charge in [-0.3, -0.25) is 0 Å². The van der Waals surface area contributed by atoms with E-state index in [9.17, 15) is 4.79 Å². The molecule has 0 heterocycles. The van der Waals surface area contributed by atoms with Gasteiger partial charge in [0.1, 0.15) is 18.1 Å². The molecular formula is C19H24N2O3. The summed E-state index contributed by atoms with van der Waals surface area (Å²) in [6, 6.07) is 15.5. The Labute approximate surface area is 143 Å². The van der Waals surface area contributed by atoms with Crippen LogP contribution in [0.15, 0.2) is 48.5 Å². The first-order chi connectivity index (χ1) is 11.7. The SMILES string of the molecule is COc1ccc(CCNC(=O)NCCOc2cccc(C)c2)cc1. The van der Waals surface area contributed by atoms with E-state index in [0.29, 0.717) is 19.7 Å². The number of hydrogen-bond donors (Lipinski definition) is 2. The number of ether oxygens (including phenoxy) is 2. The molecule has 0 aliphatic rings. The van der Waals surface area contributed by atoms with Crippen molar-refractivity contribution < 1.29 is 14.3 Å². The summed E-state index contributed by atoms with van der Waals surface area (Å²) in [5.41, 5.74) is 2.30. The summed E-state index contributed by atoms with van der Waals surface area (Å²) in [4.78, 5) is 11.7. The molecule has 2 rings (SSSR count). The second-order valence-corrected chi connectivity index (χ2v) is 5.45. The molecule has 0 saturated carbocycles. The summed E-state index contributed by atoms with van der Waals surface area (Å²) in [5, 5.41) is 5.61. The molecule has 0 unspecified atom stereocenters. The van der Waals surface area contributed by atoms with Gasteiger partial charge in [-0.15, -0.1) is 0 Å². The topological polar surface area (TPSA) is 59.6 Å². The van der Waals surface area contributed by atoms with Crippen molar-refractivity contribution in [3.05, 3.63) is 59.7 Å². The second-order valence-electron chi connectivity index (χ2n) is 5.45. The van der Waals surface area contributed by atoms with Gasteiger partial charge in [-0.2, -0.15) is 0 Å². The summed E-state index contributed by atoms with van der Waals surface area (Å²) in [6.45, 7) is 3.50. The minimum absolute atomic E-state index is 0.184. The highest BCUT2D eigenvalue weighted by atomic mass is 16.5. The van der Waals surface area contributed by atoms with Crippen LogP contribution in [0.25, 0.3) is 0 Å². The van der Waals surface area contributed by atoms with Gasteiger partial charge in [0.05, 0.1) is 13.7 Å². The molecule has 0 radical (unpaired) electrons. The molecule has 0 fully saturated rings. The predicted molar refractivity (Wildman–Crippen MR) is 94.8 cm³/mol. The highest BCUT2D eigenvalue weighted by Gasteiger charge is 2.00. The fourth-order valence-electron chi connectivity index (χ4n) is 2.21. The molecule has 2 amide bonds. The Kier molecular flexibility index (Phi) is 6.95. The number of carbonyl (C=O) groups is 1. The van der Waals surface area contributed by atoms with E-state index in [-0.39, 0.29) is 6.03 Å². The average molecular weight is 328 g/mol. The Bertz CT molecular complexity index is 641. The lowest BCUT2D eigenvalue weighted by Gasteiger charge is -2.09. The molecule has 0 spiro atoms. The number of rotatable bonds is 8. The highest BCUT2D eigenvalue weighted by molar-refractivity contribution is 5.73. The van der Waals surface area contributed by atoms with E-state index in [1.807, 2.05) is 55.5 Å². The number of carbonyl (C=O) groups excluding carboxylic acids is 1. The zero-order valence-corrected chi connectivity index (χ0v) is 14.2. The Morgan fingerprint density at radius 1 is 1.00 bits per heavy atom. The largest absolute Gasteiger partial charge is 0.497 e. The van der Waals surface area contributed by atoms with Gasteiger partial charge in [-0.1, -0.05) is 24.3 Å². The molecule has 0 bridgehead atoms. The quantitative estimate of drug-likeness (QED) is 0.733. The van der Waals surface area contributed by atoms with Crippen molar-refractivity contribution in [2.45, 2.75) is 13.3 Å². The van der Waals surface area contributed by atoms with Gasteiger partial charge in [0, 0.05) is 6.54 Å². The maximum absolute atomic E-state index is 11.7. The van der Waals surface area contributed by atoms with Gasteiger partial charge < -0.3 is 20.1 Å². The minimum atomic E-state index is -0.184. The third kappa shape index (κ3) is 6.20. The molecule has 0 saturated heterocycles. The van der Waals surface area contributed by atoms with Crippen molar-refractivity contribution in [1.82, 2.24) is 10.6 Å². The van der Waals surface area contributed by atoms with Crippen LogP contribution in [0.4, 0.5) is 4.79 Å². The number of benzene rings is 2. The van der Waals surface area contributed by atoms with Crippen LogP contribution >= 0.6 is 0 Å². The number of hydrogen-bond acceptors (Lipinski definition) is 3. The minimum Gasteiger partial charge on any atom is -0.497 e. The van der Waals surface area contributed by atoms with Gasteiger partial charge in [0.2, 0.25) is 0 Å². The normalized spacial score (nSPS) is 10.1. The molecule has 0 aliphatic carbocycles. The molecule has 0 atom stereocenters. The fourth-order valence-corrected chi connectivity index (χ4v) is 2.21. The Morgan fingerprint density at radius 3 is 2.46 bits per heavy atom. The monoisotopic (exact) mass is 328 g/mol. The van der Waals surface area contributed by atoms with E-state index in [2.05, 4.69) is 10.6 Å². The number of urea groups is 1. The first-order valence-corrected chi connectivity index (χ1v) is 8.01. The van der Waals surface area contributed by atoms with Crippen LogP contribution in [0.5, 0.6) is 11.5 Å². The van der Waals surface area contributed by atoms with Crippen molar-refractivity contribution in [3.8, 4) is 11.5 Å². The van der Waals surface area contributed by atoms with Crippen LogP contribution in [0.3, 0.4) is 0 Å². The smallest absolute Gasteiger partial charge is 0.314 e. The van der Waals surface area contributed by atoms with Crippen LogP contribution in [0, 0.1) is 6.92 Å². The van der Waals surface area contributed by atoms with Gasteiger partial charge in [-0.05, 0) is 48.7 Å². The van der Waals surface area contributed by atoms with Crippen molar-refractivity contribution in [2.75, 3.05) is 26.8 Å². The Hall–Kier alpha value is -2.69. The number of methoxy groups -OCH3 is 1. The lowest BCUT2D eigenvalue weighted by molar-refractivity contribution is 0.236. The van der Waals surface area contributed by atoms with Crippen LogP contribution in [0.2, 0.25) is 0 Å². The molecule has 2 aromatic carbocycles. The highest BCUT2D eigenvalue weighted by Crippen LogP contribution is 2.12. The van der Waals surface area contributed by atoms with Gasteiger partial charge in [0.25, 0.3) is 0 Å². The molecule has 2 aromatic rings. The number of nitrogens with one attached hydrogen (secondary N) is 2. The third-order valence-electron chi connectivity index (χ3n) is 3.50. The van der Waals surface area contributed by atoms with Crippen molar-refractivity contribution in [2.24, 2.45) is 0 Å². The van der Waals surface area contributed by atoms with E-state index < -0.39 is 0 Å². The van der Waals surface area contributed by atoms with Gasteiger partial charge >= 0.3 is 6.03 Å². The van der Waals surface area contributed by atoms with Gasteiger partial charge in [-0.25, -0.2) is 4.79 Å². The second kappa shape index (κ2) is 9.45. The lowest BCUT2D eigenvalue weighted by atomic mass is 10.1. The molecule has 5 heteroatoms. The summed E-state index contributed by atoms with van der Waals surface area (Å²) < 4.78 is 10.7. The first kappa shape index (κ1) is 17.7. The Morgan fingerprint density at radius 2 is 1.75 bits per heavy atom. The van der Waals surface area contributed by atoms with E-state index >= 15 is 0 Å². The number of aryl methyl sites for hydroxylation is 1. The van der Waals surface area contributed by atoms with Crippen molar-refractivity contribution in [3.63, 3.8) is 0 Å². The molecule has 5 nitrogen and oxygen atoms in total. The summed E-state index contributed by atoms with van der Waals surface area (Å²) in [6.07, 6.45) is 0.775. The van der Waals surface area contributed by atoms with Crippen molar-refractivity contribution in [1.29, 1.82) is 0 Å². The van der Waals surface area contributed by atoms with E-state index in [1.165, 1.54) is 0 Å². The maximum Gasteiger partial charge on any atom is 0.314 e. The van der Waals surface area contributed by atoms with Crippen LogP contribution < -0.4 is 20.1 Å². The van der Waals surface area contributed by atoms with E-state index in [4.69, 9.17) is 9.47 Å². The zero-order chi connectivity index (χ0) is 17.2. The van der Waals surface area contributed by atoms with Crippen LogP contribution in [-0.2, 0) is 6.42 Å². The lowest BCUT2D eigenvalue weighted by Crippen LogP contribution is -2.38. The summed E-state index contributed by atoms with van der Waals surface area (Å²) in [7, 11) is 1.64. The van der Waals surface area contributed by atoms with Gasteiger partial charge in [0.15, 0.2) is 0 Å². The first-order valence-electron chi connectivity index (χ1n) is 8.01. The zero-order valence-electron chi connectivity index (χ0n) is 14.2. The number of amides is 2.